The molecule has 0 saturated heterocycles. The molecule has 1 saturated carbocycles. The van der Waals surface area contributed by atoms with Crippen LogP contribution in [0, 0.1) is 12.8 Å². The van der Waals surface area contributed by atoms with Crippen LogP contribution in [-0.2, 0) is 11.3 Å². The number of esters is 1. The van der Waals surface area contributed by atoms with Crippen LogP contribution in [0.3, 0.4) is 0 Å². The van der Waals surface area contributed by atoms with E-state index < -0.39 is 0 Å². The highest BCUT2D eigenvalue weighted by Crippen LogP contribution is 2.29. The number of thiazole rings is 1. The minimum absolute atomic E-state index is 0.0778. The summed E-state index contributed by atoms with van der Waals surface area (Å²) in [5.74, 6) is 0.477. The zero-order chi connectivity index (χ0) is 13.8. The molecule has 4 nitrogen and oxygen atoms in total. The number of ether oxygens (including phenoxy) is 1. The molecule has 0 amide bonds. The van der Waals surface area contributed by atoms with Crippen LogP contribution in [0.1, 0.15) is 59.4 Å². The minimum Gasteiger partial charge on any atom is -0.458 e. The Morgan fingerprint density at radius 1 is 1.53 bits per heavy atom. The average Bonchev–Trinajstić information content (AvgIpc) is 2.80. The second kappa shape index (κ2) is 6.48. The molecule has 2 rings (SSSR count). The van der Waals surface area contributed by atoms with Crippen molar-refractivity contribution < 1.29 is 9.53 Å². The van der Waals surface area contributed by atoms with Crippen molar-refractivity contribution in [2.45, 2.75) is 58.6 Å². The molecule has 1 aliphatic carbocycles. The van der Waals surface area contributed by atoms with Crippen LogP contribution in [0.2, 0.25) is 0 Å². The van der Waals surface area contributed by atoms with E-state index in [0.717, 1.165) is 30.0 Å². The summed E-state index contributed by atoms with van der Waals surface area (Å²) in [6, 6.07) is 0. The largest absolute Gasteiger partial charge is 0.458 e. The number of hydrogen-bond acceptors (Lipinski definition) is 5. The number of aryl methyl sites for hydroxylation is 1. The molecule has 5 heteroatoms. The van der Waals surface area contributed by atoms with Gasteiger partial charge >= 0.3 is 5.97 Å². The first kappa shape index (κ1) is 14.5. The molecular formula is C14H22N2O2S. The van der Waals surface area contributed by atoms with Crippen LogP contribution in [0.4, 0.5) is 0 Å². The van der Waals surface area contributed by atoms with Crippen molar-refractivity contribution in [2.75, 3.05) is 0 Å². The Labute approximate surface area is 118 Å². The van der Waals surface area contributed by atoms with Gasteiger partial charge in [0.25, 0.3) is 0 Å². The van der Waals surface area contributed by atoms with Gasteiger partial charge in [0.15, 0.2) is 0 Å². The van der Waals surface area contributed by atoms with Crippen molar-refractivity contribution in [2.24, 2.45) is 11.7 Å². The Kier molecular flexibility index (Phi) is 4.93. The van der Waals surface area contributed by atoms with E-state index in [1.165, 1.54) is 24.2 Å². The van der Waals surface area contributed by atoms with Gasteiger partial charge in [0.05, 0.1) is 5.69 Å². The van der Waals surface area contributed by atoms with E-state index in [2.05, 4.69) is 11.9 Å². The van der Waals surface area contributed by atoms with E-state index in [4.69, 9.17) is 10.5 Å². The third kappa shape index (κ3) is 3.54. The number of hydrogen-bond donors (Lipinski definition) is 1. The number of nitrogens with zero attached hydrogens (tertiary/aromatic N) is 1. The van der Waals surface area contributed by atoms with Gasteiger partial charge in [-0.25, -0.2) is 9.78 Å². The van der Waals surface area contributed by atoms with Crippen LogP contribution in [-0.4, -0.2) is 17.1 Å². The molecule has 0 radical (unpaired) electrons. The smallest absolute Gasteiger partial charge is 0.350 e. The van der Waals surface area contributed by atoms with Gasteiger partial charge in [0, 0.05) is 6.54 Å². The first-order valence-electron chi connectivity index (χ1n) is 7.01. The molecule has 0 spiro atoms. The molecule has 2 unspecified atom stereocenters. The fraction of sp³-hybridized carbons (Fsp3) is 0.714. The zero-order valence-corrected chi connectivity index (χ0v) is 12.5. The first-order valence-corrected chi connectivity index (χ1v) is 7.83. The molecule has 2 N–H and O–H groups in total. The SMILES string of the molecule is CCC1CCCC(OC(=O)c2sc(CN)nc2C)C1. The molecule has 1 heterocycles. The van der Waals surface area contributed by atoms with E-state index >= 15 is 0 Å². The Balaban J connectivity index is 1.98. The van der Waals surface area contributed by atoms with Crippen LogP contribution in [0.25, 0.3) is 0 Å². The Morgan fingerprint density at radius 3 is 2.95 bits per heavy atom. The highest BCUT2D eigenvalue weighted by Gasteiger charge is 2.25. The molecule has 1 aromatic heterocycles. The number of nitrogens with two attached hydrogens (primary N) is 1. The van der Waals surface area contributed by atoms with Gasteiger partial charge < -0.3 is 10.5 Å². The third-order valence-corrected chi connectivity index (χ3v) is 4.95. The molecule has 1 fully saturated rings. The topological polar surface area (TPSA) is 65.2 Å². The van der Waals surface area contributed by atoms with Gasteiger partial charge in [-0.15, -0.1) is 11.3 Å². The average molecular weight is 282 g/mol. The Morgan fingerprint density at radius 2 is 2.32 bits per heavy atom. The van der Waals surface area contributed by atoms with Gasteiger partial charge in [-0.3, -0.25) is 0 Å². The summed E-state index contributed by atoms with van der Waals surface area (Å²) in [6.07, 6.45) is 5.67. The van der Waals surface area contributed by atoms with Crippen LogP contribution >= 0.6 is 11.3 Å². The van der Waals surface area contributed by atoms with E-state index in [9.17, 15) is 4.79 Å². The van der Waals surface area contributed by atoms with Gasteiger partial charge in [-0.05, 0) is 32.1 Å². The maximum absolute atomic E-state index is 12.2. The van der Waals surface area contributed by atoms with Gasteiger partial charge in [0.2, 0.25) is 0 Å². The zero-order valence-electron chi connectivity index (χ0n) is 11.6. The Hall–Kier alpha value is -0.940. The molecule has 1 aromatic rings. The molecule has 2 atom stereocenters. The number of aromatic nitrogens is 1. The lowest BCUT2D eigenvalue weighted by atomic mass is 9.85. The number of rotatable bonds is 4. The highest BCUT2D eigenvalue weighted by atomic mass is 32.1. The molecule has 0 aliphatic heterocycles. The number of carbonyl (C=O) groups is 1. The lowest BCUT2D eigenvalue weighted by Gasteiger charge is -2.28. The van der Waals surface area contributed by atoms with Crippen molar-refractivity contribution >= 4 is 17.3 Å². The fourth-order valence-electron chi connectivity index (χ4n) is 2.65. The third-order valence-electron chi connectivity index (χ3n) is 3.79. The summed E-state index contributed by atoms with van der Waals surface area (Å²) >= 11 is 1.35. The first-order chi connectivity index (χ1) is 9.13. The monoisotopic (exact) mass is 282 g/mol. The van der Waals surface area contributed by atoms with Crippen molar-refractivity contribution in [3.8, 4) is 0 Å². The lowest BCUT2D eigenvalue weighted by Crippen LogP contribution is -2.25. The standard InChI is InChI=1S/C14H22N2O2S/c1-3-10-5-4-6-11(7-10)18-14(17)13-9(2)16-12(8-15)19-13/h10-11H,3-8,15H2,1-2H3. The molecule has 0 aromatic carbocycles. The van der Waals surface area contributed by atoms with E-state index in [0.29, 0.717) is 17.3 Å². The maximum Gasteiger partial charge on any atom is 0.350 e. The Bertz CT molecular complexity index is 445. The molecular weight excluding hydrogens is 260 g/mol. The van der Waals surface area contributed by atoms with Gasteiger partial charge in [0.1, 0.15) is 16.0 Å². The lowest BCUT2D eigenvalue weighted by molar-refractivity contribution is 0.0144. The summed E-state index contributed by atoms with van der Waals surface area (Å²) < 4.78 is 5.64. The van der Waals surface area contributed by atoms with Crippen LogP contribution < -0.4 is 5.73 Å². The van der Waals surface area contributed by atoms with Crippen LogP contribution in [0.5, 0.6) is 0 Å². The predicted octanol–water partition coefficient (Wildman–Crippen LogP) is 3.04. The highest BCUT2D eigenvalue weighted by molar-refractivity contribution is 7.13. The van der Waals surface area contributed by atoms with E-state index in [-0.39, 0.29) is 12.1 Å². The summed E-state index contributed by atoms with van der Waals surface area (Å²) in [5.41, 5.74) is 6.28. The molecule has 0 bridgehead atoms. The minimum atomic E-state index is -0.226. The maximum atomic E-state index is 12.2. The van der Waals surface area contributed by atoms with Crippen molar-refractivity contribution in [1.29, 1.82) is 0 Å². The van der Waals surface area contributed by atoms with Crippen LogP contribution in [0.15, 0.2) is 0 Å². The molecule has 1 aliphatic rings. The second-order valence-electron chi connectivity index (χ2n) is 5.19. The summed E-state index contributed by atoms with van der Waals surface area (Å²) in [5, 5.41) is 0.791. The summed E-state index contributed by atoms with van der Waals surface area (Å²) in [7, 11) is 0. The predicted molar refractivity (Wildman–Crippen MR) is 76.2 cm³/mol. The molecule has 106 valence electrons. The summed E-state index contributed by atoms with van der Waals surface area (Å²) in [6.45, 7) is 4.41. The van der Waals surface area contributed by atoms with E-state index in [1.807, 2.05) is 6.92 Å². The fourth-order valence-corrected chi connectivity index (χ4v) is 3.48. The van der Waals surface area contributed by atoms with Crippen molar-refractivity contribution in [1.82, 2.24) is 4.98 Å². The quantitative estimate of drug-likeness (QED) is 0.862. The van der Waals surface area contributed by atoms with E-state index in [1.54, 1.807) is 0 Å². The number of carbonyl (C=O) groups excluding carboxylic acids is 1. The van der Waals surface area contributed by atoms with Crippen molar-refractivity contribution in [3.05, 3.63) is 15.6 Å². The molecule has 19 heavy (non-hydrogen) atoms. The van der Waals surface area contributed by atoms with Gasteiger partial charge in [-0.2, -0.15) is 0 Å². The second-order valence-corrected chi connectivity index (χ2v) is 6.28. The normalized spacial score (nSPS) is 23.3. The van der Waals surface area contributed by atoms with Gasteiger partial charge in [-0.1, -0.05) is 19.8 Å². The summed E-state index contributed by atoms with van der Waals surface area (Å²) in [4.78, 5) is 17.0. The van der Waals surface area contributed by atoms with Crippen molar-refractivity contribution in [3.63, 3.8) is 0 Å².